The summed E-state index contributed by atoms with van der Waals surface area (Å²) in [4.78, 5) is 27.9. The summed E-state index contributed by atoms with van der Waals surface area (Å²) in [6, 6.07) is 7.09. The number of benzene rings is 1. The normalized spacial score (nSPS) is 15.4. The van der Waals surface area contributed by atoms with Gasteiger partial charge < -0.3 is 16.0 Å². The number of anilines is 1. The Balaban J connectivity index is 1.84. The third-order valence-corrected chi connectivity index (χ3v) is 3.66. The van der Waals surface area contributed by atoms with E-state index in [2.05, 4.69) is 11.9 Å². The van der Waals surface area contributed by atoms with E-state index >= 15 is 0 Å². The Hall–Kier alpha value is -2.34. The lowest BCUT2D eigenvalue weighted by molar-refractivity contribution is -0.122. The van der Waals surface area contributed by atoms with Crippen molar-refractivity contribution < 1.29 is 9.59 Å². The number of hydrogen-bond acceptors (Lipinski definition) is 4. The molecule has 0 aromatic heterocycles. The number of carbonyl (C=O) groups is 2. The topological polar surface area (TPSA) is 78.7 Å². The molecule has 1 aromatic rings. The first-order valence-corrected chi connectivity index (χ1v) is 7.35. The predicted octanol–water partition coefficient (Wildman–Crippen LogP) is 0.329. The molecule has 118 valence electrons. The van der Waals surface area contributed by atoms with Crippen LogP contribution in [0.4, 0.5) is 5.69 Å². The predicted molar refractivity (Wildman–Crippen MR) is 86.4 cm³/mol. The molecular weight excluding hydrogens is 280 g/mol. The van der Waals surface area contributed by atoms with E-state index in [-0.39, 0.29) is 11.8 Å². The molecule has 1 saturated heterocycles. The van der Waals surface area contributed by atoms with E-state index in [9.17, 15) is 9.59 Å². The van der Waals surface area contributed by atoms with Crippen LogP contribution < -0.4 is 11.1 Å². The van der Waals surface area contributed by atoms with Crippen LogP contribution in [0, 0.1) is 0 Å². The molecule has 6 nitrogen and oxygen atoms in total. The van der Waals surface area contributed by atoms with Crippen molar-refractivity contribution in [3.05, 3.63) is 42.5 Å². The largest absolute Gasteiger partial charge is 0.398 e. The van der Waals surface area contributed by atoms with E-state index in [4.69, 9.17) is 5.73 Å². The molecule has 0 unspecified atom stereocenters. The molecule has 2 rings (SSSR count). The second kappa shape index (κ2) is 7.61. The minimum absolute atomic E-state index is 0.0213. The molecule has 1 heterocycles. The van der Waals surface area contributed by atoms with Crippen LogP contribution >= 0.6 is 0 Å². The number of nitrogens with two attached hydrogens (primary N) is 1. The number of nitrogen functional groups attached to an aromatic ring is 1. The van der Waals surface area contributed by atoms with Gasteiger partial charge in [0.1, 0.15) is 0 Å². The summed E-state index contributed by atoms with van der Waals surface area (Å²) < 4.78 is 0. The summed E-state index contributed by atoms with van der Waals surface area (Å²) in [6.45, 7) is 6.95. The minimum atomic E-state index is -0.0474. The Morgan fingerprint density at radius 1 is 1.23 bits per heavy atom. The van der Waals surface area contributed by atoms with Crippen molar-refractivity contribution in [3.8, 4) is 0 Å². The summed E-state index contributed by atoms with van der Waals surface area (Å²) in [7, 11) is 0. The van der Waals surface area contributed by atoms with Crippen LogP contribution in [0.2, 0.25) is 0 Å². The molecule has 3 N–H and O–H groups in total. The highest BCUT2D eigenvalue weighted by molar-refractivity contribution is 5.99. The first-order chi connectivity index (χ1) is 10.6. The fourth-order valence-electron chi connectivity index (χ4n) is 2.42. The van der Waals surface area contributed by atoms with Crippen LogP contribution in [-0.4, -0.2) is 60.9 Å². The molecule has 0 atom stereocenters. The van der Waals surface area contributed by atoms with Crippen LogP contribution in [0.1, 0.15) is 10.4 Å². The van der Waals surface area contributed by atoms with Crippen LogP contribution in [0.5, 0.6) is 0 Å². The van der Waals surface area contributed by atoms with E-state index < -0.39 is 0 Å². The second-order valence-electron chi connectivity index (χ2n) is 5.25. The number of hydrogen-bond donors (Lipinski definition) is 2. The van der Waals surface area contributed by atoms with Gasteiger partial charge in [-0.05, 0) is 12.1 Å². The molecule has 0 spiro atoms. The smallest absolute Gasteiger partial charge is 0.256 e. The van der Waals surface area contributed by atoms with Gasteiger partial charge in [-0.1, -0.05) is 18.2 Å². The molecule has 0 radical (unpaired) electrons. The summed E-state index contributed by atoms with van der Waals surface area (Å²) in [5, 5.41) is 2.75. The lowest BCUT2D eigenvalue weighted by Gasteiger charge is -2.34. The van der Waals surface area contributed by atoms with Gasteiger partial charge in [-0.2, -0.15) is 0 Å². The van der Waals surface area contributed by atoms with E-state index in [1.54, 1.807) is 23.1 Å². The second-order valence-corrected chi connectivity index (χ2v) is 5.25. The maximum atomic E-state index is 12.4. The molecule has 1 aliphatic rings. The number of para-hydroxylation sites is 1. The third-order valence-electron chi connectivity index (χ3n) is 3.66. The van der Waals surface area contributed by atoms with Crippen molar-refractivity contribution in [2.24, 2.45) is 0 Å². The summed E-state index contributed by atoms with van der Waals surface area (Å²) in [5.74, 6) is -0.0687. The van der Waals surface area contributed by atoms with Crippen molar-refractivity contribution in [3.63, 3.8) is 0 Å². The Labute approximate surface area is 130 Å². The van der Waals surface area contributed by atoms with Crippen LogP contribution in [0.15, 0.2) is 36.9 Å². The molecule has 1 aromatic carbocycles. The lowest BCUT2D eigenvalue weighted by atomic mass is 10.1. The molecule has 0 bridgehead atoms. The Morgan fingerprint density at radius 2 is 1.91 bits per heavy atom. The molecule has 22 heavy (non-hydrogen) atoms. The first-order valence-electron chi connectivity index (χ1n) is 7.35. The maximum Gasteiger partial charge on any atom is 0.256 e. The van der Waals surface area contributed by atoms with Crippen molar-refractivity contribution in [1.82, 2.24) is 15.1 Å². The van der Waals surface area contributed by atoms with E-state index in [0.29, 0.717) is 50.5 Å². The highest BCUT2D eigenvalue weighted by Crippen LogP contribution is 2.14. The molecule has 6 heteroatoms. The minimum Gasteiger partial charge on any atom is -0.398 e. The van der Waals surface area contributed by atoms with Gasteiger partial charge in [0.2, 0.25) is 5.91 Å². The SMILES string of the molecule is C=CCNC(=O)CN1CCN(C(=O)c2ccccc2N)CC1. The number of nitrogens with one attached hydrogen (secondary N) is 1. The van der Waals surface area contributed by atoms with E-state index in [0.717, 1.165) is 0 Å². The Kier molecular flexibility index (Phi) is 5.55. The lowest BCUT2D eigenvalue weighted by Crippen LogP contribution is -2.51. The van der Waals surface area contributed by atoms with Gasteiger partial charge in [-0.25, -0.2) is 0 Å². The Morgan fingerprint density at radius 3 is 2.55 bits per heavy atom. The molecule has 2 amide bonds. The summed E-state index contributed by atoms with van der Waals surface area (Å²) in [5.41, 5.74) is 6.89. The summed E-state index contributed by atoms with van der Waals surface area (Å²) in [6.07, 6.45) is 1.65. The molecule has 1 fully saturated rings. The zero-order valence-corrected chi connectivity index (χ0v) is 12.6. The number of amides is 2. The molecule has 0 saturated carbocycles. The van der Waals surface area contributed by atoms with Crippen LogP contribution in [-0.2, 0) is 4.79 Å². The van der Waals surface area contributed by atoms with Crippen molar-refractivity contribution in [1.29, 1.82) is 0 Å². The standard InChI is InChI=1S/C16H22N4O2/c1-2-7-18-15(21)12-19-8-10-20(11-9-19)16(22)13-5-3-4-6-14(13)17/h2-6H,1,7-12,17H2,(H,18,21). The first kappa shape index (κ1) is 16.0. The van der Waals surface area contributed by atoms with Gasteiger partial charge in [-0.3, -0.25) is 14.5 Å². The molecule has 0 aliphatic carbocycles. The van der Waals surface area contributed by atoms with Gasteiger partial charge in [0, 0.05) is 38.4 Å². The highest BCUT2D eigenvalue weighted by atomic mass is 16.2. The van der Waals surface area contributed by atoms with Gasteiger partial charge >= 0.3 is 0 Å². The van der Waals surface area contributed by atoms with Crippen LogP contribution in [0.25, 0.3) is 0 Å². The van der Waals surface area contributed by atoms with Gasteiger partial charge in [0.25, 0.3) is 5.91 Å². The number of rotatable bonds is 5. The van der Waals surface area contributed by atoms with Crippen LogP contribution in [0.3, 0.4) is 0 Å². The van der Waals surface area contributed by atoms with E-state index in [1.165, 1.54) is 0 Å². The molecular formula is C16H22N4O2. The quantitative estimate of drug-likeness (QED) is 0.607. The zero-order chi connectivity index (χ0) is 15.9. The van der Waals surface area contributed by atoms with Crippen molar-refractivity contribution >= 4 is 17.5 Å². The van der Waals surface area contributed by atoms with Crippen molar-refractivity contribution in [2.45, 2.75) is 0 Å². The Bertz CT molecular complexity index is 551. The van der Waals surface area contributed by atoms with Gasteiger partial charge in [0.15, 0.2) is 0 Å². The summed E-state index contributed by atoms with van der Waals surface area (Å²) >= 11 is 0. The average Bonchev–Trinajstić information content (AvgIpc) is 2.53. The average molecular weight is 302 g/mol. The maximum absolute atomic E-state index is 12.4. The number of nitrogens with zero attached hydrogens (tertiary/aromatic N) is 2. The fraction of sp³-hybridized carbons (Fsp3) is 0.375. The van der Waals surface area contributed by atoms with Gasteiger partial charge in [-0.15, -0.1) is 6.58 Å². The fourth-order valence-corrected chi connectivity index (χ4v) is 2.42. The zero-order valence-electron chi connectivity index (χ0n) is 12.6. The van der Waals surface area contributed by atoms with Gasteiger partial charge in [0.05, 0.1) is 12.1 Å². The highest BCUT2D eigenvalue weighted by Gasteiger charge is 2.24. The van der Waals surface area contributed by atoms with Crippen molar-refractivity contribution in [2.75, 3.05) is 45.0 Å². The number of carbonyl (C=O) groups excluding carboxylic acids is 2. The molecule has 1 aliphatic heterocycles. The number of piperazine rings is 1. The van der Waals surface area contributed by atoms with E-state index in [1.807, 2.05) is 17.0 Å². The monoisotopic (exact) mass is 302 g/mol. The third kappa shape index (κ3) is 4.08.